The summed E-state index contributed by atoms with van der Waals surface area (Å²) in [6.07, 6.45) is 9.21. The molecule has 2 aromatic carbocycles. The van der Waals surface area contributed by atoms with Crippen LogP contribution in [0.15, 0.2) is 61.2 Å². The summed E-state index contributed by atoms with van der Waals surface area (Å²) in [6.45, 7) is 10.5. The minimum Gasteiger partial charge on any atom is -0.488 e. The van der Waals surface area contributed by atoms with Gasteiger partial charge in [0.1, 0.15) is 11.9 Å². The number of nitrogens with one attached hydrogen (secondary N) is 1. The summed E-state index contributed by atoms with van der Waals surface area (Å²) in [4.78, 5) is 64.1. The molecule has 11 nitrogen and oxygen atoms in total. The summed E-state index contributed by atoms with van der Waals surface area (Å²) in [6, 6.07) is 15.1. The predicted molar refractivity (Wildman–Crippen MR) is 229 cm³/mol. The largest absolute Gasteiger partial charge is 0.488 e. The Morgan fingerprint density at radius 1 is 1.02 bits per heavy atom. The maximum Gasteiger partial charge on any atom is 0.306 e. The van der Waals surface area contributed by atoms with Crippen LogP contribution in [0.5, 0.6) is 5.75 Å². The number of esters is 1. The number of rotatable bonds is 9. The number of hydrogen-bond donors (Lipinski definition) is 1. The van der Waals surface area contributed by atoms with Crippen molar-refractivity contribution in [3.8, 4) is 17.0 Å². The molecule has 5 atom stereocenters. The van der Waals surface area contributed by atoms with Crippen molar-refractivity contribution in [2.24, 2.45) is 28.6 Å². The first kappa shape index (κ1) is 42.1. The minimum absolute atomic E-state index is 0.0503. The van der Waals surface area contributed by atoms with Gasteiger partial charge in [-0.25, -0.2) is 13.4 Å². The van der Waals surface area contributed by atoms with Crippen LogP contribution in [0.2, 0.25) is 0 Å². The van der Waals surface area contributed by atoms with Crippen molar-refractivity contribution < 1.29 is 37.1 Å². The lowest BCUT2D eigenvalue weighted by Crippen LogP contribution is -2.48. The first-order valence-electron chi connectivity index (χ1n) is 22.0. The fourth-order valence-corrected chi connectivity index (χ4v) is 11.4. The lowest BCUT2D eigenvalue weighted by atomic mass is 9.77. The van der Waals surface area contributed by atoms with Gasteiger partial charge in [-0.15, -0.1) is 6.58 Å². The quantitative estimate of drug-likeness (QED) is 0.168. The second kappa shape index (κ2) is 16.7. The Hall–Kier alpha value is -4.58. The number of nitrogens with zero attached hydrogens (tertiary/aromatic N) is 2. The lowest BCUT2D eigenvalue weighted by Gasteiger charge is -2.34. The van der Waals surface area contributed by atoms with Gasteiger partial charge in [0.05, 0.1) is 53.4 Å². The number of benzene rings is 2. The van der Waals surface area contributed by atoms with Gasteiger partial charge in [-0.1, -0.05) is 69.5 Å². The van der Waals surface area contributed by atoms with Gasteiger partial charge in [-0.3, -0.25) is 23.9 Å². The van der Waals surface area contributed by atoms with Crippen molar-refractivity contribution in [1.82, 2.24) is 14.6 Å². The highest BCUT2D eigenvalue weighted by molar-refractivity contribution is 7.90. The van der Waals surface area contributed by atoms with Crippen LogP contribution in [0.25, 0.3) is 22.2 Å². The van der Waals surface area contributed by atoms with Crippen molar-refractivity contribution in [2.45, 2.75) is 128 Å². The van der Waals surface area contributed by atoms with Crippen LogP contribution in [0.1, 0.15) is 108 Å². The Bertz CT molecular complexity index is 2280. The molecule has 3 aromatic rings. The molecule has 0 spiro atoms. The van der Waals surface area contributed by atoms with Gasteiger partial charge in [-0.05, 0) is 98.8 Å². The summed E-state index contributed by atoms with van der Waals surface area (Å²) in [5.74, 6) is -2.24. The number of aromatic nitrogens is 1. The number of carbonyl (C=O) groups is 4. The van der Waals surface area contributed by atoms with Gasteiger partial charge in [0.2, 0.25) is 21.8 Å². The van der Waals surface area contributed by atoms with Crippen LogP contribution in [0.3, 0.4) is 0 Å². The molecule has 5 aliphatic rings. The molecular formula is C48H59N3O8S. The van der Waals surface area contributed by atoms with E-state index in [2.05, 4.69) is 44.2 Å². The molecule has 3 saturated carbocycles. The topological polar surface area (TPSA) is 149 Å². The molecule has 3 heterocycles. The highest BCUT2D eigenvalue weighted by atomic mass is 32.2. The number of allylic oxidation sites excluding steroid dienone is 1. The molecule has 1 saturated heterocycles. The van der Waals surface area contributed by atoms with Crippen LogP contribution in [-0.2, 0) is 40.4 Å². The number of amides is 2. The number of carbonyl (C=O) groups excluding carboxylic acids is 4. The fraction of sp³-hybridized carbons (Fsp3) is 0.562. The normalized spacial score (nSPS) is 27.7. The zero-order chi connectivity index (χ0) is 42.4. The Morgan fingerprint density at radius 2 is 1.77 bits per heavy atom. The maximum atomic E-state index is 15.1. The van der Waals surface area contributed by atoms with E-state index in [4.69, 9.17) is 14.5 Å². The molecule has 4 bridgehead atoms. The van der Waals surface area contributed by atoms with E-state index in [0.717, 1.165) is 84.7 Å². The molecule has 8 rings (SSSR count). The molecule has 12 heteroatoms. The Balaban J connectivity index is 1.18. The molecule has 1 aromatic heterocycles. The zero-order valence-corrected chi connectivity index (χ0v) is 36.1. The standard InChI is InChI=1S/C48H59N3O8S/c1-5-34-26-48(34,46(55)50-60(56,57)36-18-19-36)27-42(52)41-23-35-28-51(41)45(54)37(31-13-8-6-9-14-31)24-44(53)58-29-47(3,4)20-12-17-33-22-38-40(21-30(33)2)49-39(25-43(38)59-35)32-15-10-7-11-16-32/h5,7,10-11,15-16,21-22,25,31,34-37,41H,1,6,8-9,12-14,17-20,23-24,26-29H2,2-4H3,(H,50,55)/t34-,35-,37+,41+,48-/m1/s1. The van der Waals surface area contributed by atoms with Crippen molar-refractivity contribution >= 4 is 44.5 Å². The van der Waals surface area contributed by atoms with E-state index in [0.29, 0.717) is 18.6 Å². The van der Waals surface area contributed by atoms with E-state index in [1.165, 1.54) is 0 Å². The number of cyclic esters (lactones) is 1. The molecule has 0 radical (unpaired) electrons. The summed E-state index contributed by atoms with van der Waals surface area (Å²) in [5, 5.41) is 0.243. The highest BCUT2D eigenvalue weighted by Crippen LogP contribution is 2.57. The second-order valence-electron chi connectivity index (χ2n) is 19.1. The molecule has 2 amide bonds. The molecule has 60 heavy (non-hydrogen) atoms. The number of ketones is 1. The second-order valence-corrected chi connectivity index (χ2v) is 21.0. The van der Waals surface area contributed by atoms with Crippen LogP contribution in [0.4, 0.5) is 0 Å². The van der Waals surface area contributed by atoms with Crippen molar-refractivity contribution in [2.75, 3.05) is 13.2 Å². The average molecular weight is 838 g/mol. The first-order valence-corrected chi connectivity index (χ1v) is 23.5. The summed E-state index contributed by atoms with van der Waals surface area (Å²) < 4.78 is 41.0. The van der Waals surface area contributed by atoms with Crippen molar-refractivity contribution in [1.29, 1.82) is 0 Å². The zero-order valence-electron chi connectivity index (χ0n) is 35.2. The summed E-state index contributed by atoms with van der Waals surface area (Å²) in [7, 11) is -3.86. The number of Topliss-reactive ketones (excluding diaryl/α,β-unsaturated/α-hetero) is 1. The lowest BCUT2D eigenvalue weighted by molar-refractivity contribution is -0.154. The maximum absolute atomic E-state index is 15.1. The third-order valence-corrected chi connectivity index (χ3v) is 15.7. The smallest absolute Gasteiger partial charge is 0.306 e. The van der Waals surface area contributed by atoms with Crippen LogP contribution < -0.4 is 9.46 Å². The molecule has 2 aliphatic heterocycles. The molecule has 3 aliphatic carbocycles. The molecule has 320 valence electrons. The van der Waals surface area contributed by atoms with Gasteiger partial charge in [0, 0.05) is 29.9 Å². The van der Waals surface area contributed by atoms with E-state index < -0.39 is 50.6 Å². The van der Waals surface area contributed by atoms with Crippen molar-refractivity contribution in [3.63, 3.8) is 0 Å². The molecule has 0 unspecified atom stereocenters. The van der Waals surface area contributed by atoms with E-state index in [9.17, 15) is 22.8 Å². The van der Waals surface area contributed by atoms with Crippen LogP contribution in [-0.4, -0.2) is 72.4 Å². The number of ether oxygens (including phenoxy) is 2. The molecule has 1 N–H and O–H groups in total. The van der Waals surface area contributed by atoms with Gasteiger partial charge in [0.15, 0.2) is 5.78 Å². The number of hydrogen-bond acceptors (Lipinski definition) is 9. The van der Waals surface area contributed by atoms with E-state index in [1.54, 1.807) is 11.0 Å². The minimum atomic E-state index is -3.86. The SMILES string of the molecule is C=C[C@@H]1C[C@]1(CC(=O)[C@@H]1C[C@@H]2CN1C(=O)[C@H](C1CCCCC1)CC(=O)OCC(C)(C)CCCc1cc3c(cc(-c4ccccc4)nc3cc1C)O2)C(=O)NS(=O)(=O)C1CC1. The molecule has 4 fully saturated rings. The number of aryl methyl sites for hydroxylation is 2. The van der Waals surface area contributed by atoms with E-state index in [1.807, 2.05) is 36.4 Å². The third kappa shape index (κ3) is 8.90. The Labute approximate surface area is 354 Å². The van der Waals surface area contributed by atoms with Crippen LogP contribution >= 0.6 is 0 Å². The van der Waals surface area contributed by atoms with Gasteiger partial charge >= 0.3 is 5.97 Å². The van der Waals surface area contributed by atoms with Gasteiger partial charge < -0.3 is 14.4 Å². The number of pyridine rings is 1. The van der Waals surface area contributed by atoms with Crippen LogP contribution in [0, 0.1) is 35.5 Å². The number of fused-ring (bicyclic) bond motifs is 3. The monoisotopic (exact) mass is 837 g/mol. The fourth-order valence-electron chi connectivity index (χ4n) is 9.98. The first-order chi connectivity index (χ1) is 28.7. The Morgan fingerprint density at radius 3 is 2.47 bits per heavy atom. The average Bonchev–Trinajstić information content (AvgIpc) is 4.16. The highest BCUT2D eigenvalue weighted by Gasteiger charge is 2.61. The van der Waals surface area contributed by atoms with E-state index >= 15 is 4.79 Å². The predicted octanol–water partition coefficient (Wildman–Crippen LogP) is 7.81. The third-order valence-electron chi connectivity index (χ3n) is 13.9. The van der Waals surface area contributed by atoms with Gasteiger partial charge in [-0.2, -0.15) is 0 Å². The summed E-state index contributed by atoms with van der Waals surface area (Å²) >= 11 is 0. The molecular weight excluding hydrogens is 779 g/mol. The van der Waals surface area contributed by atoms with E-state index in [-0.39, 0.29) is 67.8 Å². The van der Waals surface area contributed by atoms with Crippen molar-refractivity contribution in [3.05, 3.63) is 72.3 Å². The Kier molecular flexibility index (Phi) is 11.7. The number of sulfonamides is 1. The van der Waals surface area contributed by atoms with Gasteiger partial charge in [0.25, 0.3) is 0 Å². The summed E-state index contributed by atoms with van der Waals surface area (Å²) in [5.41, 5.74) is 3.15.